The first-order valence-electron chi connectivity index (χ1n) is 7.08. The summed E-state index contributed by atoms with van der Waals surface area (Å²) in [4.78, 5) is 16.6. The third-order valence-corrected chi connectivity index (χ3v) is 4.33. The minimum Gasteiger partial charge on any atom is -0.289 e. The molecule has 0 aliphatic rings. The highest BCUT2D eigenvalue weighted by atomic mass is 79.9. The molecular weight excluding hydrogens is 374 g/mol. The number of carbonyl (C=O) groups is 1. The summed E-state index contributed by atoms with van der Waals surface area (Å²) < 4.78 is 0.940. The van der Waals surface area contributed by atoms with E-state index in [1.165, 1.54) is 6.08 Å². The fourth-order valence-electron chi connectivity index (χ4n) is 2.26. The summed E-state index contributed by atoms with van der Waals surface area (Å²) in [6.07, 6.45) is 3.23. The van der Waals surface area contributed by atoms with E-state index < -0.39 is 0 Å². The highest BCUT2D eigenvalue weighted by Crippen LogP contribution is 2.23. The van der Waals surface area contributed by atoms with E-state index >= 15 is 0 Å². The van der Waals surface area contributed by atoms with Crippen LogP contribution in [0.1, 0.15) is 21.5 Å². The van der Waals surface area contributed by atoms with Crippen molar-refractivity contribution in [3.63, 3.8) is 0 Å². The molecule has 0 saturated carbocycles. The lowest BCUT2D eigenvalue weighted by Crippen LogP contribution is -1.93. The minimum absolute atomic E-state index is 0.0717. The van der Waals surface area contributed by atoms with Crippen LogP contribution in [0.25, 0.3) is 17.0 Å². The molecule has 1 heterocycles. The van der Waals surface area contributed by atoms with Crippen LogP contribution in [-0.2, 0) is 0 Å². The Hall–Kier alpha value is -1.97. The molecule has 0 spiro atoms. The number of benzene rings is 2. The summed E-state index contributed by atoms with van der Waals surface area (Å²) in [5.41, 5.74) is 3.35. The Labute approximate surface area is 147 Å². The standard InChI is InChI=1S/C19H13BrClNO/c1-12-2-3-14-11-15(19(21)22-17(14)10-12)6-9-18(23)13-4-7-16(20)8-5-13/h2-11H,1H3/b9-6+. The molecular formula is C19H13BrClNO. The zero-order valence-electron chi connectivity index (χ0n) is 12.4. The van der Waals surface area contributed by atoms with E-state index in [9.17, 15) is 4.79 Å². The second-order valence-corrected chi connectivity index (χ2v) is 6.54. The lowest BCUT2D eigenvalue weighted by molar-refractivity contribution is 0.104. The zero-order chi connectivity index (χ0) is 16.4. The molecule has 0 N–H and O–H groups in total. The Morgan fingerprint density at radius 1 is 1.13 bits per heavy atom. The van der Waals surface area contributed by atoms with Gasteiger partial charge in [0, 0.05) is 21.0 Å². The largest absolute Gasteiger partial charge is 0.289 e. The van der Waals surface area contributed by atoms with Crippen molar-refractivity contribution in [3.8, 4) is 0 Å². The molecule has 4 heteroatoms. The second kappa shape index (κ2) is 6.65. The van der Waals surface area contributed by atoms with Gasteiger partial charge in [-0.25, -0.2) is 4.98 Å². The third-order valence-electron chi connectivity index (χ3n) is 3.50. The fourth-order valence-corrected chi connectivity index (χ4v) is 2.74. The number of hydrogen-bond acceptors (Lipinski definition) is 2. The molecule has 114 valence electrons. The number of carbonyl (C=O) groups excluding carboxylic acids is 1. The van der Waals surface area contributed by atoms with Gasteiger partial charge in [-0.3, -0.25) is 4.79 Å². The van der Waals surface area contributed by atoms with Gasteiger partial charge in [0.05, 0.1) is 5.52 Å². The highest BCUT2D eigenvalue weighted by Gasteiger charge is 2.05. The van der Waals surface area contributed by atoms with Crippen LogP contribution in [0.2, 0.25) is 5.15 Å². The molecule has 0 aliphatic heterocycles. The lowest BCUT2D eigenvalue weighted by Gasteiger charge is -2.03. The van der Waals surface area contributed by atoms with Crippen molar-refractivity contribution in [2.45, 2.75) is 6.92 Å². The molecule has 0 unspecified atom stereocenters. The third kappa shape index (κ3) is 3.69. The van der Waals surface area contributed by atoms with Crippen LogP contribution in [-0.4, -0.2) is 10.8 Å². The van der Waals surface area contributed by atoms with Gasteiger partial charge in [0.15, 0.2) is 5.78 Å². The van der Waals surface area contributed by atoms with E-state index in [4.69, 9.17) is 11.6 Å². The second-order valence-electron chi connectivity index (χ2n) is 5.27. The number of aromatic nitrogens is 1. The maximum Gasteiger partial charge on any atom is 0.185 e. The van der Waals surface area contributed by atoms with Crippen molar-refractivity contribution >= 4 is 50.3 Å². The SMILES string of the molecule is Cc1ccc2cc(/C=C/C(=O)c3ccc(Br)cc3)c(Cl)nc2c1. The quantitative estimate of drug-likeness (QED) is 0.321. The molecule has 2 aromatic carbocycles. The van der Waals surface area contributed by atoms with Crippen LogP contribution in [0.4, 0.5) is 0 Å². The molecule has 2 nitrogen and oxygen atoms in total. The first-order chi connectivity index (χ1) is 11.0. The van der Waals surface area contributed by atoms with Gasteiger partial charge < -0.3 is 0 Å². The fraction of sp³-hybridized carbons (Fsp3) is 0.0526. The molecule has 0 atom stereocenters. The maximum atomic E-state index is 12.2. The number of hydrogen-bond donors (Lipinski definition) is 0. The number of allylic oxidation sites excluding steroid dienone is 1. The lowest BCUT2D eigenvalue weighted by atomic mass is 10.1. The minimum atomic E-state index is -0.0717. The van der Waals surface area contributed by atoms with E-state index in [1.807, 2.05) is 43.3 Å². The number of aryl methyl sites for hydroxylation is 1. The summed E-state index contributed by atoms with van der Waals surface area (Å²) in [5, 5.41) is 1.39. The van der Waals surface area contributed by atoms with Crippen molar-refractivity contribution < 1.29 is 4.79 Å². The van der Waals surface area contributed by atoms with Gasteiger partial charge >= 0.3 is 0 Å². The van der Waals surface area contributed by atoms with Gasteiger partial charge in [0.1, 0.15) is 5.15 Å². The maximum absolute atomic E-state index is 12.2. The number of pyridine rings is 1. The van der Waals surface area contributed by atoms with E-state index in [0.717, 1.165) is 26.5 Å². The molecule has 3 rings (SSSR count). The number of rotatable bonds is 3. The molecule has 0 saturated heterocycles. The number of fused-ring (bicyclic) bond motifs is 1. The Kier molecular flexibility index (Phi) is 4.60. The van der Waals surface area contributed by atoms with Gasteiger partial charge in [-0.15, -0.1) is 0 Å². The van der Waals surface area contributed by atoms with Gasteiger partial charge in [-0.05, 0) is 61.0 Å². The summed E-state index contributed by atoms with van der Waals surface area (Å²) in [7, 11) is 0. The van der Waals surface area contributed by atoms with E-state index in [2.05, 4.69) is 20.9 Å². The Bertz CT molecular complexity index is 917. The predicted octanol–water partition coefficient (Wildman–Crippen LogP) is 5.86. The van der Waals surface area contributed by atoms with Crippen LogP contribution in [0.5, 0.6) is 0 Å². The molecule has 0 aliphatic carbocycles. The van der Waals surface area contributed by atoms with Crippen LogP contribution in [0, 0.1) is 6.92 Å². The van der Waals surface area contributed by atoms with Crippen LogP contribution >= 0.6 is 27.5 Å². The van der Waals surface area contributed by atoms with E-state index in [0.29, 0.717) is 10.7 Å². The average molecular weight is 387 g/mol. The molecule has 0 amide bonds. The van der Waals surface area contributed by atoms with Crippen molar-refractivity contribution in [2.75, 3.05) is 0 Å². The number of ketones is 1. The van der Waals surface area contributed by atoms with Crippen LogP contribution in [0.3, 0.4) is 0 Å². The predicted molar refractivity (Wildman–Crippen MR) is 99.0 cm³/mol. The van der Waals surface area contributed by atoms with Crippen molar-refractivity contribution in [1.29, 1.82) is 0 Å². The highest BCUT2D eigenvalue weighted by molar-refractivity contribution is 9.10. The molecule has 3 aromatic rings. The van der Waals surface area contributed by atoms with Gasteiger partial charge in [0.25, 0.3) is 0 Å². The molecule has 0 bridgehead atoms. The summed E-state index contributed by atoms with van der Waals surface area (Å²) >= 11 is 9.58. The summed E-state index contributed by atoms with van der Waals surface area (Å²) in [6.45, 7) is 2.01. The monoisotopic (exact) mass is 385 g/mol. The smallest absolute Gasteiger partial charge is 0.185 e. The normalized spacial score (nSPS) is 11.3. The zero-order valence-corrected chi connectivity index (χ0v) is 14.7. The van der Waals surface area contributed by atoms with Crippen molar-refractivity contribution in [3.05, 3.63) is 80.9 Å². The molecule has 0 radical (unpaired) electrons. The first kappa shape index (κ1) is 15.9. The van der Waals surface area contributed by atoms with Gasteiger partial charge in [-0.1, -0.05) is 39.7 Å². The average Bonchev–Trinajstić information content (AvgIpc) is 2.53. The van der Waals surface area contributed by atoms with Crippen LogP contribution in [0.15, 0.2) is 59.1 Å². The topological polar surface area (TPSA) is 30.0 Å². The van der Waals surface area contributed by atoms with Gasteiger partial charge in [0.2, 0.25) is 0 Å². The molecule has 23 heavy (non-hydrogen) atoms. The Balaban J connectivity index is 1.91. The van der Waals surface area contributed by atoms with E-state index in [-0.39, 0.29) is 5.78 Å². The van der Waals surface area contributed by atoms with Crippen molar-refractivity contribution in [1.82, 2.24) is 4.98 Å². The summed E-state index contributed by atoms with van der Waals surface area (Å²) in [6, 6.07) is 15.2. The number of nitrogens with zero attached hydrogens (tertiary/aromatic N) is 1. The summed E-state index contributed by atoms with van der Waals surface area (Å²) in [5.74, 6) is -0.0717. The Morgan fingerprint density at radius 3 is 2.61 bits per heavy atom. The Morgan fingerprint density at radius 2 is 1.87 bits per heavy atom. The van der Waals surface area contributed by atoms with E-state index in [1.54, 1.807) is 18.2 Å². The number of halogens is 2. The molecule has 0 fully saturated rings. The van der Waals surface area contributed by atoms with Crippen LogP contribution < -0.4 is 0 Å². The first-order valence-corrected chi connectivity index (χ1v) is 8.25. The molecule has 1 aromatic heterocycles. The van der Waals surface area contributed by atoms with Crippen molar-refractivity contribution in [2.24, 2.45) is 0 Å². The van der Waals surface area contributed by atoms with Gasteiger partial charge in [-0.2, -0.15) is 0 Å².